The van der Waals surface area contributed by atoms with Crippen LogP contribution in [0.2, 0.25) is 0 Å². The van der Waals surface area contributed by atoms with Gasteiger partial charge in [-0.1, -0.05) is 0 Å². The molecule has 0 aliphatic carbocycles. The molecule has 0 fully saturated rings. The van der Waals surface area contributed by atoms with E-state index >= 15 is 0 Å². The normalized spacial score (nSPS) is 10.5. The molecule has 14 heavy (non-hydrogen) atoms. The first-order chi connectivity index (χ1) is 6.65. The predicted molar refractivity (Wildman–Crippen MR) is 51.3 cm³/mol. The molecular formula is C10H10FN3. The first-order valence-electron chi connectivity index (χ1n) is 4.32. The highest BCUT2D eigenvalue weighted by Crippen LogP contribution is 2.17. The average Bonchev–Trinajstić information content (AvgIpc) is 2.50. The number of aryl methyl sites for hydroxylation is 2. The Bertz CT molecular complexity index is 442. The first-order valence-corrected chi connectivity index (χ1v) is 4.32. The number of aromatic nitrogens is 3. The smallest absolute Gasteiger partial charge is 0.181 e. The second kappa shape index (κ2) is 3.21. The average molecular weight is 191 g/mol. The van der Waals surface area contributed by atoms with E-state index in [0.29, 0.717) is 11.4 Å². The van der Waals surface area contributed by atoms with Crippen molar-refractivity contribution >= 4 is 0 Å². The topological polar surface area (TPSA) is 41.6 Å². The number of aromatic amines is 1. The van der Waals surface area contributed by atoms with Crippen molar-refractivity contribution < 1.29 is 4.39 Å². The SMILES string of the molecule is Cc1cc(F)cc(-c2n[nH]c(C)n2)c1. The van der Waals surface area contributed by atoms with Crippen LogP contribution in [0.3, 0.4) is 0 Å². The minimum Gasteiger partial charge on any atom is -0.263 e. The zero-order valence-corrected chi connectivity index (χ0v) is 8.00. The molecule has 0 saturated carbocycles. The van der Waals surface area contributed by atoms with Crippen molar-refractivity contribution in [1.82, 2.24) is 15.2 Å². The Morgan fingerprint density at radius 2 is 2.00 bits per heavy atom. The van der Waals surface area contributed by atoms with Gasteiger partial charge in [-0.25, -0.2) is 9.37 Å². The fraction of sp³-hybridized carbons (Fsp3) is 0.200. The van der Waals surface area contributed by atoms with E-state index in [2.05, 4.69) is 15.2 Å². The monoisotopic (exact) mass is 191 g/mol. The van der Waals surface area contributed by atoms with Crippen LogP contribution in [0, 0.1) is 19.7 Å². The summed E-state index contributed by atoms with van der Waals surface area (Å²) in [5.41, 5.74) is 1.56. The Morgan fingerprint density at radius 1 is 1.21 bits per heavy atom. The molecule has 0 aliphatic heterocycles. The maximum atomic E-state index is 13.1. The lowest BCUT2D eigenvalue weighted by atomic mass is 10.1. The lowest BCUT2D eigenvalue weighted by molar-refractivity contribution is 0.627. The molecule has 0 saturated heterocycles. The Kier molecular flexibility index (Phi) is 2.04. The molecule has 4 heteroatoms. The van der Waals surface area contributed by atoms with Crippen LogP contribution in [0.4, 0.5) is 4.39 Å². The largest absolute Gasteiger partial charge is 0.263 e. The molecule has 0 radical (unpaired) electrons. The summed E-state index contributed by atoms with van der Waals surface area (Å²) in [7, 11) is 0. The third-order valence-electron chi connectivity index (χ3n) is 1.90. The number of hydrogen-bond donors (Lipinski definition) is 1. The van der Waals surface area contributed by atoms with Crippen LogP contribution in [-0.4, -0.2) is 15.2 Å². The van der Waals surface area contributed by atoms with Crippen LogP contribution in [0.5, 0.6) is 0 Å². The second-order valence-electron chi connectivity index (χ2n) is 3.26. The summed E-state index contributed by atoms with van der Waals surface area (Å²) in [4.78, 5) is 4.13. The zero-order valence-electron chi connectivity index (χ0n) is 8.00. The quantitative estimate of drug-likeness (QED) is 0.750. The summed E-state index contributed by atoms with van der Waals surface area (Å²) in [5, 5.41) is 6.69. The van der Waals surface area contributed by atoms with Crippen LogP contribution in [0.15, 0.2) is 18.2 Å². The molecule has 72 valence electrons. The van der Waals surface area contributed by atoms with E-state index < -0.39 is 0 Å². The highest BCUT2D eigenvalue weighted by molar-refractivity contribution is 5.55. The maximum Gasteiger partial charge on any atom is 0.181 e. The fourth-order valence-electron chi connectivity index (χ4n) is 1.34. The van der Waals surface area contributed by atoms with Gasteiger partial charge in [0.1, 0.15) is 11.6 Å². The van der Waals surface area contributed by atoms with E-state index in [9.17, 15) is 4.39 Å². The summed E-state index contributed by atoms with van der Waals surface area (Å²) in [5.74, 6) is 0.995. The summed E-state index contributed by atoms with van der Waals surface area (Å²) >= 11 is 0. The van der Waals surface area contributed by atoms with Gasteiger partial charge in [0.15, 0.2) is 5.82 Å². The van der Waals surface area contributed by atoms with Crippen molar-refractivity contribution in [3.05, 3.63) is 35.4 Å². The molecule has 3 nitrogen and oxygen atoms in total. The van der Waals surface area contributed by atoms with E-state index in [0.717, 1.165) is 11.4 Å². The lowest BCUT2D eigenvalue weighted by Gasteiger charge is -1.97. The molecule has 0 spiro atoms. The number of halogens is 1. The molecule has 1 aromatic heterocycles. The van der Waals surface area contributed by atoms with Crippen molar-refractivity contribution in [2.45, 2.75) is 13.8 Å². The molecule has 1 heterocycles. The number of hydrogen-bond acceptors (Lipinski definition) is 2. The molecule has 1 aromatic carbocycles. The number of H-pyrrole nitrogens is 1. The Morgan fingerprint density at radius 3 is 2.57 bits per heavy atom. The van der Waals surface area contributed by atoms with E-state index in [1.807, 2.05) is 19.9 Å². The van der Waals surface area contributed by atoms with Gasteiger partial charge in [-0.05, 0) is 37.6 Å². The third-order valence-corrected chi connectivity index (χ3v) is 1.90. The molecule has 0 bridgehead atoms. The van der Waals surface area contributed by atoms with E-state index in [-0.39, 0.29) is 5.82 Å². The standard InChI is InChI=1S/C10H10FN3/c1-6-3-8(5-9(11)4-6)10-12-7(2)13-14-10/h3-5H,1-2H3,(H,12,13,14). The second-order valence-corrected chi connectivity index (χ2v) is 3.26. The molecule has 2 rings (SSSR count). The van der Waals surface area contributed by atoms with Crippen molar-refractivity contribution in [3.8, 4) is 11.4 Å². The van der Waals surface area contributed by atoms with Crippen LogP contribution < -0.4 is 0 Å². The van der Waals surface area contributed by atoms with Crippen molar-refractivity contribution in [2.24, 2.45) is 0 Å². The molecule has 0 unspecified atom stereocenters. The van der Waals surface area contributed by atoms with Crippen LogP contribution in [0.1, 0.15) is 11.4 Å². The van der Waals surface area contributed by atoms with E-state index in [1.54, 1.807) is 0 Å². The highest BCUT2D eigenvalue weighted by atomic mass is 19.1. The molecule has 0 aliphatic rings. The number of benzene rings is 1. The van der Waals surface area contributed by atoms with Gasteiger partial charge in [0.2, 0.25) is 0 Å². The predicted octanol–water partition coefficient (Wildman–Crippen LogP) is 2.23. The van der Waals surface area contributed by atoms with Crippen molar-refractivity contribution in [3.63, 3.8) is 0 Å². The van der Waals surface area contributed by atoms with Gasteiger partial charge in [0.05, 0.1) is 0 Å². The van der Waals surface area contributed by atoms with Crippen LogP contribution in [-0.2, 0) is 0 Å². The first kappa shape index (κ1) is 8.87. The molecule has 0 atom stereocenters. The van der Waals surface area contributed by atoms with Gasteiger partial charge in [0, 0.05) is 5.56 Å². The summed E-state index contributed by atoms with van der Waals surface area (Å²) in [6, 6.07) is 4.75. The van der Waals surface area contributed by atoms with Gasteiger partial charge in [0.25, 0.3) is 0 Å². The minimum absolute atomic E-state index is 0.262. The minimum atomic E-state index is -0.262. The molecule has 0 amide bonds. The lowest BCUT2D eigenvalue weighted by Crippen LogP contribution is -1.85. The van der Waals surface area contributed by atoms with Gasteiger partial charge < -0.3 is 0 Å². The molecule has 1 N–H and O–H groups in total. The van der Waals surface area contributed by atoms with Gasteiger partial charge >= 0.3 is 0 Å². The van der Waals surface area contributed by atoms with Crippen molar-refractivity contribution in [1.29, 1.82) is 0 Å². The van der Waals surface area contributed by atoms with Gasteiger partial charge in [-0.2, -0.15) is 5.10 Å². The summed E-state index contributed by atoms with van der Waals surface area (Å²) in [6.45, 7) is 3.65. The van der Waals surface area contributed by atoms with E-state index in [1.165, 1.54) is 12.1 Å². The number of rotatable bonds is 1. The number of nitrogens with zero attached hydrogens (tertiary/aromatic N) is 2. The van der Waals surface area contributed by atoms with E-state index in [4.69, 9.17) is 0 Å². The Labute approximate surface area is 81.0 Å². The summed E-state index contributed by atoms with van der Waals surface area (Å²) < 4.78 is 13.1. The molecular weight excluding hydrogens is 181 g/mol. The van der Waals surface area contributed by atoms with Crippen LogP contribution in [0.25, 0.3) is 11.4 Å². The summed E-state index contributed by atoms with van der Waals surface area (Å²) in [6.07, 6.45) is 0. The van der Waals surface area contributed by atoms with Crippen LogP contribution >= 0.6 is 0 Å². The highest BCUT2D eigenvalue weighted by Gasteiger charge is 2.05. The Hall–Kier alpha value is -1.71. The fourth-order valence-corrected chi connectivity index (χ4v) is 1.34. The maximum absolute atomic E-state index is 13.1. The van der Waals surface area contributed by atoms with Crippen molar-refractivity contribution in [2.75, 3.05) is 0 Å². The van der Waals surface area contributed by atoms with Gasteiger partial charge in [-0.3, -0.25) is 5.10 Å². The molecule has 2 aromatic rings. The van der Waals surface area contributed by atoms with Gasteiger partial charge in [-0.15, -0.1) is 0 Å². The number of nitrogens with one attached hydrogen (secondary N) is 1. The zero-order chi connectivity index (χ0) is 10.1. The third kappa shape index (κ3) is 1.64. The Balaban J connectivity index is 2.51.